The second-order valence-corrected chi connectivity index (χ2v) is 0.966. The predicted octanol–water partition coefficient (Wildman–Crippen LogP) is -2.53. The molecule has 1 fully saturated rings. The average Bonchev–Trinajstić information content (AvgIpc) is 1.72. The quantitative estimate of drug-likeness (QED) is 0.376. The van der Waals surface area contributed by atoms with Crippen molar-refractivity contribution >= 4 is 68.5 Å². The smallest absolute Gasteiger partial charge is 0.410 e. The summed E-state index contributed by atoms with van der Waals surface area (Å²) in [6.07, 6.45) is 0. The molecule has 0 saturated carbocycles. The van der Waals surface area contributed by atoms with Gasteiger partial charge in [-0.25, -0.2) is 0 Å². The Kier molecular flexibility index (Phi) is 6.95. The second kappa shape index (κ2) is 5.69. The van der Waals surface area contributed by atoms with Crippen molar-refractivity contribution in [3.8, 4) is 0 Å². The maximum atomic E-state index is 4.62. The summed E-state index contributed by atoms with van der Waals surface area (Å²) in [6, 6.07) is 0. The van der Waals surface area contributed by atoms with Gasteiger partial charge < -0.3 is 13.7 Å². The summed E-state index contributed by atoms with van der Waals surface area (Å²) in [4.78, 5) is 0. The van der Waals surface area contributed by atoms with Gasteiger partial charge in [-0.1, -0.05) is 0 Å². The van der Waals surface area contributed by atoms with E-state index in [1.54, 1.807) is 0 Å². The zero-order valence-corrected chi connectivity index (χ0v) is 7.53. The van der Waals surface area contributed by atoms with Crippen LogP contribution in [-0.4, -0.2) is 68.5 Å². The molecule has 0 N–H and O–H groups in total. The van der Waals surface area contributed by atoms with E-state index < -0.39 is 0 Å². The molecule has 7 heteroatoms. The topological polar surface area (TPSA) is 27.7 Å². The molecule has 3 nitrogen and oxygen atoms in total. The van der Waals surface area contributed by atoms with E-state index in [-0.39, 0.29) is 45.5 Å². The van der Waals surface area contributed by atoms with Crippen LogP contribution in [0.2, 0.25) is 0 Å². The fourth-order valence-electron chi connectivity index (χ4n) is 0.279. The Morgan fingerprint density at radius 3 is 1.14 bits per heavy atom. The minimum Gasteiger partial charge on any atom is -0.458 e. The van der Waals surface area contributed by atoms with Gasteiger partial charge in [-0.2, -0.15) is 0 Å². The Balaban J connectivity index is 0.000000360. The van der Waals surface area contributed by atoms with Gasteiger partial charge in [-0.3, -0.25) is 0 Å². The van der Waals surface area contributed by atoms with Crippen molar-refractivity contribution in [2.75, 3.05) is 0 Å². The molecule has 1 heterocycles. The molecular formula is H3B3O3Sr. The SMILES string of the molecule is B1OBOBO1.[Sr]. The normalized spacial score (nSPS) is 17.1. The molecule has 0 amide bonds. The van der Waals surface area contributed by atoms with E-state index in [1.165, 1.54) is 0 Å². The zero-order chi connectivity index (χ0) is 4.24. The van der Waals surface area contributed by atoms with Crippen LogP contribution in [0.5, 0.6) is 0 Å². The standard InChI is InChI=1S/B3H3O3.Sr/c1-4-2-6-3-5-1;/h1-3H;. The third-order valence-corrected chi connectivity index (χ3v) is 0.500. The first kappa shape index (κ1) is 8.56. The van der Waals surface area contributed by atoms with Gasteiger partial charge in [-0.05, 0) is 0 Å². The summed E-state index contributed by atoms with van der Waals surface area (Å²) in [7, 11) is 1.12. The van der Waals surface area contributed by atoms with E-state index >= 15 is 0 Å². The van der Waals surface area contributed by atoms with Gasteiger partial charge >= 0.3 is 23.1 Å². The third-order valence-electron chi connectivity index (χ3n) is 0.500. The van der Waals surface area contributed by atoms with Gasteiger partial charge in [0.1, 0.15) is 0 Å². The molecule has 0 aromatic carbocycles. The van der Waals surface area contributed by atoms with E-state index in [2.05, 4.69) is 13.7 Å². The van der Waals surface area contributed by atoms with Crippen LogP contribution >= 0.6 is 0 Å². The van der Waals surface area contributed by atoms with Crippen LogP contribution in [0.25, 0.3) is 0 Å². The van der Waals surface area contributed by atoms with E-state index in [0.29, 0.717) is 23.1 Å². The van der Waals surface area contributed by atoms with Crippen LogP contribution in [-0.2, 0) is 13.7 Å². The van der Waals surface area contributed by atoms with Crippen molar-refractivity contribution in [1.82, 2.24) is 0 Å². The van der Waals surface area contributed by atoms with Crippen molar-refractivity contribution in [3.63, 3.8) is 0 Å². The Morgan fingerprint density at radius 1 is 0.714 bits per heavy atom. The molecule has 32 valence electrons. The van der Waals surface area contributed by atoms with Gasteiger partial charge in [0.25, 0.3) is 0 Å². The molecule has 0 aliphatic carbocycles. The van der Waals surface area contributed by atoms with Gasteiger partial charge in [0.2, 0.25) is 0 Å². The van der Waals surface area contributed by atoms with Crippen molar-refractivity contribution in [2.45, 2.75) is 0 Å². The Bertz CT molecular complexity index is 25.7. The molecular weight excluding hydrogens is 168 g/mol. The Morgan fingerprint density at radius 2 is 1.00 bits per heavy atom. The molecule has 2 radical (unpaired) electrons. The van der Waals surface area contributed by atoms with E-state index in [9.17, 15) is 0 Å². The zero-order valence-electron chi connectivity index (χ0n) is 4.05. The third kappa shape index (κ3) is 4.08. The van der Waals surface area contributed by atoms with E-state index in [4.69, 9.17) is 0 Å². The Labute approximate surface area is 81.3 Å². The van der Waals surface area contributed by atoms with E-state index in [0.717, 1.165) is 0 Å². The molecule has 7 heavy (non-hydrogen) atoms. The van der Waals surface area contributed by atoms with Gasteiger partial charge in [0, 0.05) is 45.5 Å². The molecule has 0 unspecified atom stereocenters. The van der Waals surface area contributed by atoms with Crippen LogP contribution in [0, 0.1) is 0 Å². The predicted molar refractivity (Wildman–Crippen MR) is 30.5 cm³/mol. The molecule has 1 aliphatic heterocycles. The molecule has 0 aromatic heterocycles. The van der Waals surface area contributed by atoms with Gasteiger partial charge in [-0.15, -0.1) is 0 Å². The fourth-order valence-corrected chi connectivity index (χ4v) is 0.279. The van der Waals surface area contributed by atoms with Crippen molar-refractivity contribution in [1.29, 1.82) is 0 Å². The summed E-state index contributed by atoms with van der Waals surface area (Å²) in [5.74, 6) is 0. The second-order valence-electron chi connectivity index (χ2n) is 0.966. The minimum absolute atomic E-state index is 0. The van der Waals surface area contributed by atoms with Crippen LogP contribution in [0.4, 0.5) is 0 Å². The number of hydrogen-bond acceptors (Lipinski definition) is 3. The fraction of sp³-hybridized carbons (Fsp3) is 0. The maximum Gasteiger partial charge on any atom is 0.410 e. The summed E-state index contributed by atoms with van der Waals surface area (Å²) in [5, 5.41) is 0. The molecule has 1 rings (SSSR count). The van der Waals surface area contributed by atoms with Crippen molar-refractivity contribution in [2.24, 2.45) is 0 Å². The summed E-state index contributed by atoms with van der Waals surface area (Å²) < 4.78 is 13.9. The Hall–Kier alpha value is 1.56. The van der Waals surface area contributed by atoms with Crippen molar-refractivity contribution in [3.05, 3.63) is 0 Å². The van der Waals surface area contributed by atoms with Crippen LogP contribution in [0.1, 0.15) is 0 Å². The first-order valence-electron chi connectivity index (χ1n) is 1.73. The summed E-state index contributed by atoms with van der Waals surface area (Å²) in [6.45, 7) is 0. The summed E-state index contributed by atoms with van der Waals surface area (Å²) >= 11 is 0. The molecule has 0 aromatic rings. The monoisotopic (exact) mass is 172 g/mol. The van der Waals surface area contributed by atoms with Crippen LogP contribution < -0.4 is 0 Å². The molecule has 1 aliphatic rings. The van der Waals surface area contributed by atoms with Crippen LogP contribution in [0.3, 0.4) is 0 Å². The van der Waals surface area contributed by atoms with Gasteiger partial charge in [0.05, 0.1) is 0 Å². The summed E-state index contributed by atoms with van der Waals surface area (Å²) in [5.41, 5.74) is 0. The van der Waals surface area contributed by atoms with Crippen LogP contribution in [0.15, 0.2) is 0 Å². The molecule has 0 atom stereocenters. The maximum absolute atomic E-state index is 4.62. The molecule has 0 bridgehead atoms. The van der Waals surface area contributed by atoms with Crippen molar-refractivity contribution < 1.29 is 13.7 Å². The largest absolute Gasteiger partial charge is 0.458 e. The first-order chi connectivity index (χ1) is 3.00. The first-order valence-corrected chi connectivity index (χ1v) is 1.73. The number of hydrogen-bond donors (Lipinski definition) is 0. The van der Waals surface area contributed by atoms with E-state index in [1.807, 2.05) is 0 Å². The molecule has 1 saturated heterocycles. The minimum atomic E-state index is 0. The van der Waals surface area contributed by atoms with Gasteiger partial charge in [0.15, 0.2) is 0 Å². The molecule has 0 spiro atoms. The average molecular weight is 171 g/mol. The number of rotatable bonds is 0.